The smallest absolute Gasteiger partial charge is 0.326 e. The molecule has 0 bridgehead atoms. The van der Waals surface area contributed by atoms with Crippen LogP contribution in [-0.2, 0) is 0 Å². The van der Waals surface area contributed by atoms with Crippen LogP contribution in [0.2, 0.25) is 0 Å². The van der Waals surface area contributed by atoms with Crippen LogP contribution in [0.25, 0.3) is 11.0 Å². The van der Waals surface area contributed by atoms with Crippen molar-refractivity contribution in [1.29, 1.82) is 0 Å². The highest BCUT2D eigenvalue weighted by Crippen LogP contribution is 2.33. The number of para-hydroxylation sites is 2. The lowest BCUT2D eigenvalue weighted by atomic mass is 10.1. The minimum atomic E-state index is -0.0850. The molecule has 5 rings (SSSR count). The van der Waals surface area contributed by atoms with E-state index in [0.29, 0.717) is 18.7 Å². The highest BCUT2D eigenvalue weighted by atomic mass is 16.5. The Labute approximate surface area is 156 Å². The Balaban J connectivity index is 1.53. The predicted molar refractivity (Wildman–Crippen MR) is 104 cm³/mol. The molecule has 1 aromatic heterocycles. The lowest BCUT2D eigenvalue weighted by molar-refractivity contribution is 0.0976. The summed E-state index contributed by atoms with van der Waals surface area (Å²) in [6.45, 7) is 0.980. The van der Waals surface area contributed by atoms with Crippen LogP contribution >= 0.6 is 0 Å². The van der Waals surface area contributed by atoms with Crippen molar-refractivity contribution in [2.75, 3.05) is 18.1 Å². The highest BCUT2D eigenvalue weighted by Gasteiger charge is 2.26. The summed E-state index contributed by atoms with van der Waals surface area (Å²) < 4.78 is 7.50. The molecule has 2 aromatic carbocycles. The number of imidazole rings is 1. The summed E-state index contributed by atoms with van der Waals surface area (Å²) in [6, 6.07) is 13.3. The van der Waals surface area contributed by atoms with Crippen LogP contribution in [0.4, 0.5) is 5.69 Å². The number of aromatic amines is 1. The molecular formula is C21H21N3O3. The molecule has 1 aliphatic carbocycles. The van der Waals surface area contributed by atoms with Gasteiger partial charge in [0.05, 0.1) is 23.3 Å². The average Bonchev–Trinajstić information content (AvgIpc) is 3.33. The largest absolute Gasteiger partial charge is 0.490 e. The highest BCUT2D eigenvalue weighted by molar-refractivity contribution is 6.08. The van der Waals surface area contributed by atoms with Gasteiger partial charge in [0.1, 0.15) is 12.4 Å². The molecule has 1 amide bonds. The molecule has 0 spiro atoms. The third-order valence-corrected chi connectivity index (χ3v) is 5.63. The van der Waals surface area contributed by atoms with E-state index in [1.54, 1.807) is 11.0 Å². The van der Waals surface area contributed by atoms with Crippen LogP contribution in [0.1, 0.15) is 42.1 Å². The van der Waals surface area contributed by atoms with Gasteiger partial charge in [0, 0.05) is 11.6 Å². The molecule has 138 valence electrons. The van der Waals surface area contributed by atoms with Crippen LogP contribution in [0.3, 0.4) is 0 Å². The number of nitrogens with zero attached hydrogens (tertiary/aromatic N) is 2. The Kier molecular flexibility index (Phi) is 3.77. The number of carbonyl (C=O) groups is 1. The topological polar surface area (TPSA) is 67.3 Å². The maximum absolute atomic E-state index is 13.1. The predicted octanol–water partition coefficient (Wildman–Crippen LogP) is 3.48. The summed E-state index contributed by atoms with van der Waals surface area (Å²) >= 11 is 0. The lowest BCUT2D eigenvalue weighted by Gasteiger charge is -2.29. The van der Waals surface area contributed by atoms with Crippen molar-refractivity contribution in [3.8, 4) is 5.75 Å². The number of benzene rings is 2. The van der Waals surface area contributed by atoms with Crippen molar-refractivity contribution in [1.82, 2.24) is 9.55 Å². The number of hydrogen-bond donors (Lipinski definition) is 1. The first-order chi connectivity index (χ1) is 13.2. The van der Waals surface area contributed by atoms with Gasteiger partial charge in [-0.15, -0.1) is 0 Å². The SMILES string of the molecule is O=C(c1ccc2c(c1)[nH]c(=O)n2C1CCCC1)N1CCOc2ccccc21. The Morgan fingerprint density at radius 3 is 2.78 bits per heavy atom. The van der Waals surface area contributed by atoms with Crippen molar-refractivity contribution in [3.63, 3.8) is 0 Å². The minimum absolute atomic E-state index is 0.0814. The van der Waals surface area contributed by atoms with E-state index in [-0.39, 0.29) is 17.6 Å². The number of amides is 1. The fourth-order valence-electron chi connectivity index (χ4n) is 4.33. The molecule has 27 heavy (non-hydrogen) atoms. The molecule has 1 fully saturated rings. The number of fused-ring (bicyclic) bond motifs is 2. The quantitative estimate of drug-likeness (QED) is 0.758. The Hall–Kier alpha value is -3.02. The van der Waals surface area contributed by atoms with Crippen molar-refractivity contribution >= 4 is 22.6 Å². The number of anilines is 1. The Bertz CT molecular complexity index is 1080. The summed E-state index contributed by atoms with van der Waals surface area (Å²) in [7, 11) is 0. The zero-order valence-corrected chi connectivity index (χ0v) is 15.0. The number of hydrogen-bond acceptors (Lipinski definition) is 3. The summed E-state index contributed by atoms with van der Waals surface area (Å²) in [6.07, 6.45) is 4.41. The minimum Gasteiger partial charge on any atom is -0.490 e. The molecule has 0 atom stereocenters. The molecule has 0 saturated heterocycles. The van der Waals surface area contributed by atoms with E-state index in [4.69, 9.17) is 4.74 Å². The van der Waals surface area contributed by atoms with Gasteiger partial charge < -0.3 is 14.6 Å². The van der Waals surface area contributed by atoms with Crippen LogP contribution < -0.4 is 15.3 Å². The summed E-state index contributed by atoms with van der Waals surface area (Å²) in [4.78, 5) is 30.3. The summed E-state index contributed by atoms with van der Waals surface area (Å²) in [5, 5.41) is 0. The average molecular weight is 363 g/mol. The van der Waals surface area contributed by atoms with Gasteiger partial charge in [0.2, 0.25) is 0 Å². The third kappa shape index (κ3) is 2.63. The fourth-order valence-corrected chi connectivity index (χ4v) is 4.33. The lowest BCUT2D eigenvalue weighted by Crippen LogP contribution is -2.37. The summed E-state index contributed by atoms with van der Waals surface area (Å²) in [5.74, 6) is 0.640. The van der Waals surface area contributed by atoms with Crippen molar-refractivity contribution in [3.05, 3.63) is 58.5 Å². The molecule has 1 saturated carbocycles. The van der Waals surface area contributed by atoms with Crippen LogP contribution in [0.15, 0.2) is 47.3 Å². The molecular weight excluding hydrogens is 342 g/mol. The first-order valence-electron chi connectivity index (χ1n) is 9.50. The number of carbonyl (C=O) groups excluding carboxylic acids is 1. The standard InChI is InChI=1S/C21H21N3O3/c25-20(23-11-12-27-19-8-4-3-7-18(19)23)14-9-10-17-16(13-14)22-21(26)24(17)15-5-1-2-6-15/h3-4,7-10,13,15H,1-2,5-6,11-12H2,(H,22,26). The molecule has 6 nitrogen and oxygen atoms in total. The van der Waals surface area contributed by atoms with Crippen LogP contribution in [0, 0.1) is 0 Å². The van der Waals surface area contributed by atoms with E-state index >= 15 is 0 Å². The van der Waals surface area contributed by atoms with E-state index in [1.165, 1.54) is 0 Å². The number of ether oxygens (including phenoxy) is 1. The van der Waals surface area contributed by atoms with E-state index in [9.17, 15) is 9.59 Å². The van der Waals surface area contributed by atoms with Gasteiger partial charge in [0.25, 0.3) is 5.91 Å². The molecule has 3 aromatic rings. The second-order valence-corrected chi connectivity index (χ2v) is 7.24. The molecule has 1 N–H and O–H groups in total. The molecule has 6 heteroatoms. The van der Waals surface area contributed by atoms with Gasteiger partial charge in [-0.25, -0.2) is 4.79 Å². The zero-order chi connectivity index (χ0) is 18.4. The van der Waals surface area contributed by atoms with Gasteiger partial charge in [-0.1, -0.05) is 25.0 Å². The van der Waals surface area contributed by atoms with E-state index in [1.807, 2.05) is 41.0 Å². The van der Waals surface area contributed by atoms with E-state index < -0.39 is 0 Å². The first-order valence-corrected chi connectivity index (χ1v) is 9.50. The Morgan fingerprint density at radius 1 is 1.11 bits per heavy atom. The van der Waals surface area contributed by atoms with Gasteiger partial charge >= 0.3 is 5.69 Å². The maximum atomic E-state index is 13.1. The maximum Gasteiger partial charge on any atom is 0.326 e. The number of aromatic nitrogens is 2. The molecule has 0 radical (unpaired) electrons. The molecule has 2 heterocycles. The fraction of sp³-hybridized carbons (Fsp3) is 0.333. The molecule has 2 aliphatic rings. The van der Waals surface area contributed by atoms with Crippen molar-refractivity contribution in [2.24, 2.45) is 0 Å². The normalized spacial score (nSPS) is 17.1. The number of nitrogens with one attached hydrogen (secondary N) is 1. The number of rotatable bonds is 2. The van der Waals surface area contributed by atoms with Gasteiger partial charge in [-0.2, -0.15) is 0 Å². The van der Waals surface area contributed by atoms with Crippen LogP contribution in [0.5, 0.6) is 5.75 Å². The van der Waals surface area contributed by atoms with Crippen LogP contribution in [-0.4, -0.2) is 28.6 Å². The zero-order valence-electron chi connectivity index (χ0n) is 15.0. The number of H-pyrrole nitrogens is 1. The second-order valence-electron chi connectivity index (χ2n) is 7.24. The summed E-state index contributed by atoms with van der Waals surface area (Å²) in [5.41, 5.74) is 2.87. The first kappa shape index (κ1) is 16.2. The van der Waals surface area contributed by atoms with Gasteiger partial charge in [-0.05, 0) is 43.2 Å². The molecule has 0 unspecified atom stereocenters. The second kappa shape index (κ2) is 6.30. The van der Waals surface area contributed by atoms with Crippen molar-refractivity contribution in [2.45, 2.75) is 31.7 Å². The molecule has 1 aliphatic heterocycles. The Morgan fingerprint density at radius 2 is 1.93 bits per heavy atom. The van der Waals surface area contributed by atoms with E-state index in [0.717, 1.165) is 48.2 Å². The van der Waals surface area contributed by atoms with Gasteiger partial charge in [0.15, 0.2) is 0 Å². The van der Waals surface area contributed by atoms with Crippen molar-refractivity contribution < 1.29 is 9.53 Å². The van der Waals surface area contributed by atoms with E-state index in [2.05, 4.69) is 4.98 Å². The third-order valence-electron chi connectivity index (χ3n) is 5.63. The monoisotopic (exact) mass is 363 g/mol. The van der Waals surface area contributed by atoms with Gasteiger partial charge in [-0.3, -0.25) is 9.36 Å².